The molecule has 154 valence electrons. The van der Waals surface area contributed by atoms with E-state index in [4.69, 9.17) is 9.47 Å². The third-order valence-corrected chi connectivity index (χ3v) is 5.10. The summed E-state index contributed by atoms with van der Waals surface area (Å²) in [7, 11) is 0. The van der Waals surface area contributed by atoms with Gasteiger partial charge in [-0.25, -0.2) is 9.69 Å². The number of anilines is 2. The zero-order valence-corrected chi connectivity index (χ0v) is 18.0. The fourth-order valence-electron chi connectivity index (χ4n) is 3.70. The summed E-state index contributed by atoms with van der Waals surface area (Å²) < 4.78 is 11.3. The van der Waals surface area contributed by atoms with E-state index < -0.39 is 11.7 Å². The van der Waals surface area contributed by atoms with Crippen LogP contribution in [0.2, 0.25) is 0 Å². The van der Waals surface area contributed by atoms with Crippen LogP contribution >= 0.6 is 0 Å². The lowest BCUT2D eigenvalue weighted by Gasteiger charge is -2.41. The molecular weight excluding hydrogens is 366 g/mol. The second-order valence-corrected chi connectivity index (χ2v) is 8.82. The van der Waals surface area contributed by atoms with Crippen LogP contribution in [0.25, 0.3) is 0 Å². The van der Waals surface area contributed by atoms with Gasteiger partial charge in [0, 0.05) is 17.6 Å². The Morgan fingerprint density at radius 3 is 2.41 bits per heavy atom. The molecule has 0 aromatic heterocycles. The number of hydrogen-bond donors (Lipinski definition) is 0. The SMILES string of the molecule is CCOCc1ccc2c(c1)N(C(=O)OC(C)(C)C)c1ccc(C=O)cc1C2(C)C. The van der Waals surface area contributed by atoms with Crippen molar-refractivity contribution < 1.29 is 19.1 Å². The van der Waals surface area contributed by atoms with Crippen LogP contribution in [-0.2, 0) is 21.5 Å². The minimum Gasteiger partial charge on any atom is -0.443 e. The van der Waals surface area contributed by atoms with E-state index >= 15 is 0 Å². The Bertz CT molecular complexity index is 940. The molecule has 0 saturated heterocycles. The van der Waals surface area contributed by atoms with Crippen molar-refractivity contribution in [2.24, 2.45) is 0 Å². The average Bonchev–Trinajstić information content (AvgIpc) is 2.64. The predicted molar refractivity (Wildman–Crippen MR) is 114 cm³/mol. The molecule has 1 aliphatic heterocycles. The smallest absolute Gasteiger partial charge is 0.419 e. The van der Waals surface area contributed by atoms with Crippen LogP contribution in [0.1, 0.15) is 68.6 Å². The highest BCUT2D eigenvalue weighted by atomic mass is 16.6. The largest absolute Gasteiger partial charge is 0.443 e. The number of hydrogen-bond acceptors (Lipinski definition) is 4. The summed E-state index contributed by atoms with van der Waals surface area (Å²) in [4.78, 5) is 26.2. The van der Waals surface area contributed by atoms with Crippen LogP contribution < -0.4 is 4.90 Å². The van der Waals surface area contributed by atoms with E-state index in [2.05, 4.69) is 13.8 Å². The first-order valence-corrected chi connectivity index (χ1v) is 9.92. The van der Waals surface area contributed by atoms with Gasteiger partial charge in [0.05, 0.1) is 18.0 Å². The van der Waals surface area contributed by atoms with Gasteiger partial charge in [-0.2, -0.15) is 0 Å². The fourth-order valence-corrected chi connectivity index (χ4v) is 3.70. The third-order valence-electron chi connectivity index (χ3n) is 5.10. The Balaban J connectivity index is 2.21. The van der Waals surface area contributed by atoms with E-state index in [0.717, 1.165) is 34.4 Å². The van der Waals surface area contributed by atoms with Crippen molar-refractivity contribution in [3.63, 3.8) is 0 Å². The van der Waals surface area contributed by atoms with E-state index in [1.54, 1.807) is 11.0 Å². The van der Waals surface area contributed by atoms with E-state index in [-0.39, 0.29) is 5.41 Å². The molecule has 2 aromatic rings. The Hall–Kier alpha value is -2.66. The summed E-state index contributed by atoms with van der Waals surface area (Å²) in [5.74, 6) is 0. The topological polar surface area (TPSA) is 55.8 Å². The molecule has 1 aliphatic rings. The lowest BCUT2D eigenvalue weighted by Crippen LogP contribution is -2.40. The van der Waals surface area contributed by atoms with Gasteiger partial charge in [0.1, 0.15) is 11.9 Å². The standard InChI is InChI=1S/C24H29NO4/c1-7-28-15-17-8-10-18-21(13-17)25(22(27)29-23(2,3)4)20-11-9-16(14-26)12-19(20)24(18,5)6/h8-14H,7,15H2,1-6H3. The van der Waals surface area contributed by atoms with Gasteiger partial charge in [0.15, 0.2) is 0 Å². The molecule has 1 amide bonds. The molecular formula is C24H29NO4. The second kappa shape index (κ2) is 7.64. The number of nitrogens with zero attached hydrogens (tertiary/aromatic N) is 1. The van der Waals surface area contributed by atoms with Crippen molar-refractivity contribution >= 4 is 23.8 Å². The predicted octanol–water partition coefficient (Wildman–Crippen LogP) is 5.75. The number of carbonyl (C=O) groups is 2. The minimum atomic E-state index is -0.629. The third kappa shape index (κ3) is 4.06. The van der Waals surface area contributed by atoms with Gasteiger partial charge in [-0.1, -0.05) is 26.0 Å². The van der Waals surface area contributed by atoms with E-state index in [1.807, 2.05) is 58.0 Å². The van der Waals surface area contributed by atoms with Crippen molar-refractivity contribution in [1.82, 2.24) is 0 Å². The highest BCUT2D eigenvalue weighted by molar-refractivity contribution is 6.01. The molecule has 0 aliphatic carbocycles. The maximum Gasteiger partial charge on any atom is 0.419 e. The molecule has 1 heterocycles. The van der Waals surface area contributed by atoms with Gasteiger partial charge in [-0.05, 0) is 68.7 Å². The van der Waals surface area contributed by atoms with Gasteiger partial charge in [0.2, 0.25) is 0 Å². The first kappa shape index (κ1) is 21.1. The zero-order chi connectivity index (χ0) is 21.4. The maximum atomic E-state index is 13.2. The first-order chi connectivity index (χ1) is 13.6. The summed E-state index contributed by atoms with van der Waals surface area (Å²) in [6.07, 6.45) is 0.387. The Labute approximate surface area is 172 Å². The quantitative estimate of drug-likeness (QED) is 0.619. The molecule has 0 spiro atoms. The number of aldehydes is 1. The molecule has 0 saturated carbocycles. The minimum absolute atomic E-state index is 0.383. The van der Waals surface area contributed by atoms with Crippen molar-refractivity contribution in [2.75, 3.05) is 11.5 Å². The maximum absolute atomic E-state index is 13.2. The van der Waals surface area contributed by atoms with E-state index in [1.165, 1.54) is 0 Å². The molecule has 0 radical (unpaired) electrons. The highest BCUT2D eigenvalue weighted by Gasteiger charge is 2.40. The number of benzene rings is 2. The molecule has 5 heteroatoms. The molecule has 5 nitrogen and oxygen atoms in total. The molecule has 0 bridgehead atoms. The summed E-state index contributed by atoms with van der Waals surface area (Å²) in [6.45, 7) is 12.8. The number of ether oxygens (including phenoxy) is 2. The van der Waals surface area contributed by atoms with Crippen molar-refractivity contribution in [3.8, 4) is 0 Å². The number of rotatable bonds is 4. The molecule has 0 atom stereocenters. The van der Waals surface area contributed by atoms with E-state index in [9.17, 15) is 9.59 Å². The summed E-state index contributed by atoms with van der Waals surface area (Å²) in [5.41, 5.74) is 3.99. The Morgan fingerprint density at radius 1 is 1.07 bits per heavy atom. The molecule has 0 fully saturated rings. The highest BCUT2D eigenvalue weighted by Crippen LogP contribution is 2.49. The van der Waals surface area contributed by atoms with Crippen molar-refractivity contribution in [2.45, 2.75) is 59.2 Å². The first-order valence-electron chi connectivity index (χ1n) is 9.92. The molecule has 0 N–H and O–H groups in total. The van der Waals surface area contributed by atoms with Crippen LogP contribution in [0.5, 0.6) is 0 Å². The lowest BCUT2D eigenvalue weighted by atomic mass is 9.73. The Morgan fingerprint density at radius 2 is 1.79 bits per heavy atom. The van der Waals surface area contributed by atoms with Gasteiger partial charge in [-0.3, -0.25) is 4.79 Å². The van der Waals surface area contributed by atoms with Gasteiger partial charge in [-0.15, -0.1) is 0 Å². The van der Waals surface area contributed by atoms with E-state index in [0.29, 0.717) is 18.8 Å². The zero-order valence-electron chi connectivity index (χ0n) is 18.0. The lowest BCUT2D eigenvalue weighted by molar-refractivity contribution is 0.0597. The number of amides is 1. The molecule has 3 rings (SSSR count). The molecule has 29 heavy (non-hydrogen) atoms. The second-order valence-electron chi connectivity index (χ2n) is 8.82. The Kier molecular flexibility index (Phi) is 5.54. The van der Waals surface area contributed by atoms with Gasteiger partial charge < -0.3 is 9.47 Å². The molecule has 2 aromatic carbocycles. The van der Waals surface area contributed by atoms with Crippen LogP contribution in [0, 0.1) is 0 Å². The number of fused-ring (bicyclic) bond motifs is 2. The van der Waals surface area contributed by atoms with Crippen LogP contribution in [0.4, 0.5) is 16.2 Å². The molecule has 0 unspecified atom stereocenters. The van der Waals surface area contributed by atoms with Crippen LogP contribution in [0.3, 0.4) is 0 Å². The number of carbonyl (C=O) groups excluding carboxylic acids is 2. The van der Waals surface area contributed by atoms with Crippen LogP contribution in [-0.4, -0.2) is 24.6 Å². The van der Waals surface area contributed by atoms with Crippen molar-refractivity contribution in [1.29, 1.82) is 0 Å². The van der Waals surface area contributed by atoms with Gasteiger partial charge >= 0.3 is 6.09 Å². The average molecular weight is 395 g/mol. The summed E-state index contributed by atoms with van der Waals surface area (Å²) in [5, 5.41) is 0. The normalized spacial score (nSPS) is 14.8. The summed E-state index contributed by atoms with van der Waals surface area (Å²) >= 11 is 0. The monoisotopic (exact) mass is 395 g/mol. The fraction of sp³-hybridized carbons (Fsp3) is 0.417. The van der Waals surface area contributed by atoms with Crippen molar-refractivity contribution in [3.05, 3.63) is 58.7 Å². The van der Waals surface area contributed by atoms with Crippen LogP contribution in [0.15, 0.2) is 36.4 Å². The summed E-state index contributed by atoms with van der Waals surface area (Å²) in [6, 6.07) is 11.5. The van der Waals surface area contributed by atoms with Gasteiger partial charge in [0.25, 0.3) is 0 Å².